The maximum Gasteiger partial charge on any atom is 0.247 e. The van der Waals surface area contributed by atoms with Crippen LogP contribution in [-0.2, 0) is 25.6 Å². The first-order chi connectivity index (χ1) is 16.1. The van der Waals surface area contributed by atoms with E-state index in [1.807, 2.05) is 17.5 Å². The van der Waals surface area contributed by atoms with Crippen LogP contribution in [0, 0.1) is 5.41 Å². The minimum atomic E-state index is -1.35. The van der Waals surface area contributed by atoms with E-state index in [0.717, 1.165) is 17.7 Å². The number of carbonyl (C=O) groups is 4. The molecule has 0 saturated heterocycles. The van der Waals surface area contributed by atoms with Gasteiger partial charge in [-0.2, -0.15) is 0 Å². The van der Waals surface area contributed by atoms with Crippen molar-refractivity contribution in [1.29, 1.82) is 0 Å². The topological polar surface area (TPSA) is 182 Å². The molecule has 0 spiro atoms. The molecule has 3 rings (SSSR count). The van der Waals surface area contributed by atoms with Crippen molar-refractivity contribution in [2.45, 2.75) is 75.7 Å². The first kappa shape index (κ1) is 25.9. The average Bonchev–Trinajstić information content (AvgIpc) is 3.42. The molecule has 2 aliphatic rings. The van der Waals surface area contributed by atoms with Crippen LogP contribution in [0.1, 0.15) is 49.8 Å². The molecule has 0 radical (unpaired) electrons. The molecule has 1 aromatic rings. The molecule has 0 unspecified atom stereocenters. The summed E-state index contributed by atoms with van der Waals surface area (Å²) in [5, 5.41) is 38.9. The van der Waals surface area contributed by atoms with Gasteiger partial charge in [-0.25, -0.2) is 0 Å². The smallest absolute Gasteiger partial charge is 0.247 e. The number of aliphatic hydroxyl groups is 2. The lowest BCUT2D eigenvalue weighted by Gasteiger charge is -2.33. The van der Waals surface area contributed by atoms with Gasteiger partial charge in [0.05, 0.1) is 12.1 Å². The van der Waals surface area contributed by atoms with Crippen LogP contribution < -0.4 is 21.5 Å². The summed E-state index contributed by atoms with van der Waals surface area (Å²) in [6, 6.07) is 1.62. The third kappa shape index (κ3) is 6.64. The molecular weight excluding hydrogens is 462 g/mol. The zero-order valence-electron chi connectivity index (χ0n) is 18.7. The summed E-state index contributed by atoms with van der Waals surface area (Å²) in [4.78, 5) is 49.4. The maximum absolute atomic E-state index is 12.8. The van der Waals surface area contributed by atoms with Crippen molar-refractivity contribution in [2.24, 2.45) is 11.1 Å². The van der Waals surface area contributed by atoms with Crippen molar-refractivity contribution in [1.82, 2.24) is 10.6 Å². The lowest BCUT2D eigenvalue weighted by atomic mass is 9.79. The highest BCUT2D eigenvalue weighted by Gasteiger charge is 2.38. The van der Waals surface area contributed by atoms with Crippen molar-refractivity contribution in [3.05, 3.63) is 34.0 Å². The maximum atomic E-state index is 12.8. The van der Waals surface area contributed by atoms with E-state index < -0.39 is 53.4 Å². The lowest BCUT2D eigenvalue weighted by molar-refractivity contribution is -0.308. The average molecular weight is 493 g/mol. The summed E-state index contributed by atoms with van der Waals surface area (Å²) in [5.74, 6) is -3.04. The quantitative estimate of drug-likeness (QED) is 0.274. The Kier molecular flexibility index (Phi) is 8.45. The summed E-state index contributed by atoms with van der Waals surface area (Å²) in [6.07, 6.45) is 1.29. The van der Waals surface area contributed by atoms with E-state index in [4.69, 9.17) is 5.73 Å². The number of carboxylic acid groups (broad SMARTS) is 1. The summed E-state index contributed by atoms with van der Waals surface area (Å²) >= 11 is 1.42. The van der Waals surface area contributed by atoms with E-state index in [1.165, 1.54) is 17.4 Å². The number of aliphatic hydroxyl groups excluding tert-OH is 2. The monoisotopic (exact) mass is 492 g/mol. The zero-order valence-corrected chi connectivity index (χ0v) is 19.5. The molecule has 1 fully saturated rings. The van der Waals surface area contributed by atoms with E-state index in [0.29, 0.717) is 12.8 Å². The van der Waals surface area contributed by atoms with Crippen LogP contribution in [0.15, 0.2) is 29.2 Å². The van der Waals surface area contributed by atoms with E-state index in [2.05, 4.69) is 10.6 Å². The second-order valence-corrected chi connectivity index (χ2v) is 10.2. The van der Waals surface area contributed by atoms with Crippen molar-refractivity contribution in [2.75, 3.05) is 0 Å². The SMILES string of the molecule is NC(=O)[C@H](Cc1cccs1)NC(=O)C1=C[C@@H](NC(=O)CC2(CC(=O)[O-])CCCC2)[C@@H](O)[C@H](O)C1. The fourth-order valence-corrected chi connectivity index (χ4v) is 5.54. The first-order valence-corrected chi connectivity index (χ1v) is 12.2. The van der Waals surface area contributed by atoms with Gasteiger partial charge in [0.1, 0.15) is 12.1 Å². The van der Waals surface area contributed by atoms with Crippen LogP contribution in [0.2, 0.25) is 0 Å². The molecule has 6 N–H and O–H groups in total. The molecule has 1 heterocycles. The minimum absolute atomic E-state index is 0.0553. The number of rotatable bonds is 10. The summed E-state index contributed by atoms with van der Waals surface area (Å²) in [5.41, 5.74) is 4.85. The zero-order chi connectivity index (χ0) is 24.9. The first-order valence-electron chi connectivity index (χ1n) is 11.3. The largest absolute Gasteiger partial charge is 0.550 e. The molecule has 11 heteroatoms. The van der Waals surface area contributed by atoms with Gasteiger partial charge in [0, 0.05) is 35.7 Å². The van der Waals surface area contributed by atoms with Gasteiger partial charge in [0.25, 0.3) is 0 Å². The highest BCUT2D eigenvalue weighted by atomic mass is 32.1. The molecular formula is C23H30N3O7S-. The second-order valence-electron chi connectivity index (χ2n) is 9.19. The number of amides is 3. The van der Waals surface area contributed by atoms with Crippen molar-refractivity contribution in [3.8, 4) is 0 Å². The molecule has 34 heavy (non-hydrogen) atoms. The number of hydrogen-bond donors (Lipinski definition) is 5. The fraction of sp³-hybridized carbons (Fsp3) is 0.565. The Bertz CT molecular complexity index is 940. The molecule has 0 bridgehead atoms. The van der Waals surface area contributed by atoms with Gasteiger partial charge in [0.15, 0.2) is 0 Å². The van der Waals surface area contributed by atoms with E-state index in [-0.39, 0.29) is 31.3 Å². The number of primary amides is 1. The number of nitrogens with two attached hydrogens (primary N) is 1. The van der Waals surface area contributed by atoms with Crippen molar-refractivity contribution < 1.29 is 34.5 Å². The van der Waals surface area contributed by atoms with E-state index in [9.17, 15) is 34.5 Å². The number of thiophene rings is 1. The standard InChI is InChI=1S/C23H31N3O7S/c24-21(32)16(10-14-4-3-7-34-14)26-22(33)13-8-15(20(31)17(27)9-13)25-18(28)11-23(12-19(29)30)5-1-2-6-23/h3-4,7-8,15-17,20,27,31H,1-2,5-6,9-12H2,(H2,24,32)(H,25,28)(H,26,33)(H,29,30)/p-1/t15-,16+,17-,20-/m1/s1. The van der Waals surface area contributed by atoms with Crippen LogP contribution in [-0.4, -0.2) is 58.2 Å². The van der Waals surface area contributed by atoms with Gasteiger partial charge in [-0.15, -0.1) is 11.3 Å². The number of carboxylic acids is 1. The Morgan fingerprint density at radius 1 is 1.21 bits per heavy atom. The fourth-order valence-electron chi connectivity index (χ4n) is 4.79. The van der Waals surface area contributed by atoms with Crippen LogP contribution in [0.5, 0.6) is 0 Å². The molecule has 0 aliphatic heterocycles. The van der Waals surface area contributed by atoms with Crippen LogP contribution >= 0.6 is 11.3 Å². The number of carbonyl (C=O) groups excluding carboxylic acids is 4. The summed E-state index contributed by atoms with van der Waals surface area (Å²) < 4.78 is 0. The molecule has 10 nitrogen and oxygen atoms in total. The van der Waals surface area contributed by atoms with Gasteiger partial charge in [-0.3, -0.25) is 14.4 Å². The number of aliphatic carboxylic acids is 1. The Balaban J connectivity index is 1.68. The third-order valence-corrected chi connectivity index (χ3v) is 7.44. The predicted molar refractivity (Wildman–Crippen MR) is 121 cm³/mol. The van der Waals surface area contributed by atoms with Crippen LogP contribution in [0.25, 0.3) is 0 Å². The van der Waals surface area contributed by atoms with Gasteiger partial charge >= 0.3 is 0 Å². The molecule has 1 aromatic heterocycles. The normalized spacial score (nSPS) is 24.6. The van der Waals surface area contributed by atoms with E-state index in [1.54, 1.807) is 0 Å². The highest BCUT2D eigenvalue weighted by Crippen LogP contribution is 2.43. The Morgan fingerprint density at radius 2 is 1.91 bits per heavy atom. The van der Waals surface area contributed by atoms with E-state index >= 15 is 0 Å². The molecule has 186 valence electrons. The van der Waals surface area contributed by atoms with Gasteiger partial charge < -0.3 is 36.5 Å². The van der Waals surface area contributed by atoms with Gasteiger partial charge in [-0.1, -0.05) is 25.0 Å². The predicted octanol–water partition coefficient (Wildman–Crippen LogP) is -1.11. The Morgan fingerprint density at radius 3 is 2.50 bits per heavy atom. The third-order valence-electron chi connectivity index (χ3n) is 6.54. The molecule has 1 saturated carbocycles. The molecule has 3 amide bonds. The Labute approximate surface area is 201 Å². The minimum Gasteiger partial charge on any atom is -0.550 e. The molecule has 4 atom stereocenters. The summed E-state index contributed by atoms with van der Waals surface area (Å²) in [6.45, 7) is 0. The summed E-state index contributed by atoms with van der Waals surface area (Å²) in [7, 11) is 0. The van der Waals surface area contributed by atoms with Gasteiger partial charge in [0.2, 0.25) is 17.7 Å². The van der Waals surface area contributed by atoms with Crippen molar-refractivity contribution in [3.63, 3.8) is 0 Å². The lowest BCUT2D eigenvalue weighted by Crippen LogP contribution is -2.53. The molecule has 2 aliphatic carbocycles. The number of hydrogen-bond acceptors (Lipinski definition) is 8. The number of nitrogens with one attached hydrogen (secondary N) is 2. The van der Waals surface area contributed by atoms with Crippen LogP contribution in [0.3, 0.4) is 0 Å². The Hall–Kier alpha value is -2.76. The highest BCUT2D eigenvalue weighted by molar-refractivity contribution is 7.09. The van der Waals surface area contributed by atoms with Crippen LogP contribution in [0.4, 0.5) is 0 Å². The second kappa shape index (κ2) is 11.1. The molecule has 0 aromatic carbocycles. The van der Waals surface area contributed by atoms with Crippen molar-refractivity contribution >= 4 is 35.0 Å². The van der Waals surface area contributed by atoms with Gasteiger partial charge in [-0.05, 0) is 36.1 Å².